The lowest BCUT2D eigenvalue weighted by atomic mass is 9.94. The Morgan fingerprint density at radius 3 is 2.81 bits per heavy atom. The van der Waals surface area contributed by atoms with Gasteiger partial charge in [-0.1, -0.05) is 6.07 Å². The van der Waals surface area contributed by atoms with Crippen molar-refractivity contribution in [2.45, 2.75) is 12.0 Å². The monoisotopic (exact) mass is 299 g/mol. The van der Waals surface area contributed by atoms with Crippen LogP contribution in [0.15, 0.2) is 18.2 Å². The number of benzene rings is 1. The van der Waals surface area contributed by atoms with Gasteiger partial charge in [-0.05, 0) is 17.7 Å². The van der Waals surface area contributed by atoms with Gasteiger partial charge in [0.25, 0.3) is 0 Å². The molecule has 0 aliphatic carbocycles. The maximum absolute atomic E-state index is 13.4. The van der Waals surface area contributed by atoms with Gasteiger partial charge in [-0.15, -0.1) is 0 Å². The van der Waals surface area contributed by atoms with E-state index >= 15 is 0 Å². The van der Waals surface area contributed by atoms with Crippen LogP contribution in [-0.4, -0.2) is 50.3 Å². The third kappa shape index (κ3) is 3.89. The molecule has 0 bridgehead atoms. The highest BCUT2D eigenvalue weighted by Crippen LogP contribution is 2.28. The number of carbonyl (C=O) groups is 1. The minimum atomic E-state index is -0.888. The normalized spacial score (nSPS) is 22.4. The maximum atomic E-state index is 13.4. The van der Waals surface area contributed by atoms with E-state index in [2.05, 4.69) is 10.2 Å². The predicted octanol–water partition coefficient (Wildman–Crippen LogP) is 1.05. The highest BCUT2D eigenvalue weighted by atomic mass is 19.2. The summed E-state index contributed by atoms with van der Waals surface area (Å²) < 4.78 is 31.5. The van der Waals surface area contributed by atoms with Crippen molar-refractivity contribution in [3.8, 4) is 0 Å². The Morgan fingerprint density at radius 1 is 1.43 bits per heavy atom. The van der Waals surface area contributed by atoms with Crippen LogP contribution in [0.1, 0.15) is 11.5 Å². The number of nitrogens with zero attached hydrogens (tertiary/aromatic N) is 1. The fourth-order valence-corrected chi connectivity index (χ4v) is 2.70. The molecule has 0 unspecified atom stereocenters. The molecule has 1 aromatic rings. The minimum Gasteiger partial charge on any atom is -0.383 e. The van der Waals surface area contributed by atoms with Crippen molar-refractivity contribution in [2.24, 2.45) is 5.73 Å². The average molecular weight is 299 g/mol. The third-order valence-electron chi connectivity index (χ3n) is 3.71. The van der Waals surface area contributed by atoms with E-state index in [1.165, 1.54) is 6.07 Å². The summed E-state index contributed by atoms with van der Waals surface area (Å²) in [4.78, 5) is 13.2. The molecule has 1 aliphatic heterocycles. The van der Waals surface area contributed by atoms with Crippen molar-refractivity contribution in [1.29, 1.82) is 0 Å². The van der Waals surface area contributed by atoms with E-state index in [0.717, 1.165) is 6.07 Å². The summed E-state index contributed by atoms with van der Waals surface area (Å²) in [6, 6.07) is 2.96. The molecular weight excluding hydrogens is 280 g/mol. The summed E-state index contributed by atoms with van der Waals surface area (Å²) in [6.45, 7) is 2.48. The Kier molecular flexibility index (Phi) is 5.08. The first-order valence-electron chi connectivity index (χ1n) is 6.73. The molecule has 2 amide bonds. The second-order valence-electron chi connectivity index (χ2n) is 5.15. The number of hydrogen-bond donors (Lipinski definition) is 2. The molecular formula is C14H19F2N3O2. The average Bonchev–Trinajstić information content (AvgIpc) is 2.81. The molecule has 2 rings (SSSR count). The Morgan fingerprint density at radius 2 is 2.19 bits per heavy atom. The van der Waals surface area contributed by atoms with Crippen LogP contribution in [0.4, 0.5) is 13.6 Å². The summed E-state index contributed by atoms with van der Waals surface area (Å²) in [5, 5.41) is 2.67. The molecule has 1 aromatic carbocycles. The molecule has 3 N–H and O–H groups in total. The first kappa shape index (κ1) is 15.7. The summed E-state index contributed by atoms with van der Waals surface area (Å²) >= 11 is 0. The molecule has 116 valence electrons. The Labute approximate surface area is 122 Å². The van der Waals surface area contributed by atoms with Crippen LogP contribution in [0.5, 0.6) is 0 Å². The number of primary amides is 1. The van der Waals surface area contributed by atoms with Crippen LogP contribution < -0.4 is 11.1 Å². The lowest BCUT2D eigenvalue weighted by Gasteiger charge is -2.19. The van der Waals surface area contributed by atoms with E-state index < -0.39 is 17.7 Å². The number of nitrogens with two attached hydrogens (primary N) is 1. The van der Waals surface area contributed by atoms with Gasteiger partial charge in [0, 0.05) is 32.7 Å². The van der Waals surface area contributed by atoms with Gasteiger partial charge in [0.05, 0.1) is 12.6 Å². The SMILES string of the molecule is COCCN1C[C@@H](NC(N)=O)[C@H](c2ccc(F)c(F)c2)C1. The molecule has 0 saturated carbocycles. The molecule has 1 heterocycles. The number of hydrogen-bond acceptors (Lipinski definition) is 3. The van der Waals surface area contributed by atoms with E-state index in [0.29, 0.717) is 31.8 Å². The largest absolute Gasteiger partial charge is 0.383 e. The van der Waals surface area contributed by atoms with Gasteiger partial charge >= 0.3 is 6.03 Å². The number of carbonyl (C=O) groups excluding carboxylic acids is 1. The first-order valence-corrected chi connectivity index (χ1v) is 6.73. The zero-order chi connectivity index (χ0) is 15.4. The van der Waals surface area contributed by atoms with Crippen molar-refractivity contribution in [3.63, 3.8) is 0 Å². The molecule has 5 nitrogen and oxygen atoms in total. The number of ether oxygens (including phenoxy) is 1. The van der Waals surface area contributed by atoms with Crippen LogP contribution in [0.25, 0.3) is 0 Å². The van der Waals surface area contributed by atoms with Gasteiger partial charge in [-0.3, -0.25) is 4.90 Å². The van der Waals surface area contributed by atoms with Crippen LogP contribution in [0, 0.1) is 11.6 Å². The first-order chi connectivity index (χ1) is 10.0. The second-order valence-corrected chi connectivity index (χ2v) is 5.15. The fraction of sp³-hybridized carbons (Fsp3) is 0.500. The molecule has 0 spiro atoms. The smallest absolute Gasteiger partial charge is 0.312 e. The maximum Gasteiger partial charge on any atom is 0.312 e. The Bertz CT molecular complexity index is 513. The van der Waals surface area contributed by atoms with Gasteiger partial charge < -0.3 is 15.8 Å². The summed E-state index contributed by atoms with van der Waals surface area (Å²) in [5.74, 6) is -1.91. The molecule has 7 heteroatoms. The van der Waals surface area contributed by atoms with Crippen molar-refractivity contribution >= 4 is 6.03 Å². The number of methoxy groups -OCH3 is 1. The quantitative estimate of drug-likeness (QED) is 0.854. The van der Waals surface area contributed by atoms with E-state index in [9.17, 15) is 13.6 Å². The van der Waals surface area contributed by atoms with Gasteiger partial charge in [0.2, 0.25) is 0 Å². The zero-order valence-corrected chi connectivity index (χ0v) is 11.8. The van der Waals surface area contributed by atoms with Gasteiger partial charge in [-0.25, -0.2) is 13.6 Å². The van der Waals surface area contributed by atoms with Crippen molar-refractivity contribution < 1.29 is 18.3 Å². The van der Waals surface area contributed by atoms with Crippen molar-refractivity contribution in [1.82, 2.24) is 10.2 Å². The van der Waals surface area contributed by atoms with Crippen molar-refractivity contribution in [2.75, 3.05) is 33.4 Å². The lowest BCUT2D eigenvalue weighted by molar-refractivity contribution is 0.159. The highest BCUT2D eigenvalue weighted by Gasteiger charge is 2.34. The fourth-order valence-electron chi connectivity index (χ4n) is 2.70. The van der Waals surface area contributed by atoms with E-state index in [4.69, 9.17) is 10.5 Å². The van der Waals surface area contributed by atoms with E-state index in [1.54, 1.807) is 13.2 Å². The molecule has 21 heavy (non-hydrogen) atoms. The zero-order valence-electron chi connectivity index (χ0n) is 11.8. The van der Waals surface area contributed by atoms with E-state index in [-0.39, 0.29) is 12.0 Å². The summed E-state index contributed by atoms with van der Waals surface area (Å²) in [7, 11) is 1.61. The minimum absolute atomic E-state index is 0.135. The molecule has 1 aliphatic rings. The Hall–Kier alpha value is -1.73. The standard InChI is InChI=1S/C14H19F2N3O2/c1-21-5-4-19-7-10(13(8-19)18-14(17)20)9-2-3-11(15)12(16)6-9/h2-3,6,10,13H,4-5,7-8H2,1H3,(H3,17,18,20)/t10-,13+/m0/s1. The lowest BCUT2D eigenvalue weighted by Crippen LogP contribution is -2.42. The molecule has 2 atom stereocenters. The Balaban J connectivity index is 2.16. The van der Waals surface area contributed by atoms with Crippen LogP contribution in [0.3, 0.4) is 0 Å². The molecule has 1 saturated heterocycles. The number of urea groups is 1. The topological polar surface area (TPSA) is 67.6 Å². The highest BCUT2D eigenvalue weighted by molar-refractivity contribution is 5.72. The predicted molar refractivity (Wildman–Crippen MR) is 73.9 cm³/mol. The number of amides is 2. The summed E-state index contributed by atoms with van der Waals surface area (Å²) in [5.41, 5.74) is 5.83. The van der Waals surface area contributed by atoms with Gasteiger partial charge in [0.15, 0.2) is 11.6 Å². The second kappa shape index (κ2) is 6.82. The molecule has 0 aromatic heterocycles. The van der Waals surface area contributed by atoms with Crippen LogP contribution in [-0.2, 0) is 4.74 Å². The number of halogens is 2. The number of rotatable bonds is 5. The number of nitrogens with one attached hydrogen (secondary N) is 1. The molecule has 1 fully saturated rings. The third-order valence-corrected chi connectivity index (χ3v) is 3.71. The van der Waals surface area contributed by atoms with Crippen LogP contribution in [0.2, 0.25) is 0 Å². The number of likely N-dealkylation sites (tertiary alicyclic amines) is 1. The van der Waals surface area contributed by atoms with Gasteiger partial charge in [0.1, 0.15) is 0 Å². The summed E-state index contributed by atoms with van der Waals surface area (Å²) in [6.07, 6.45) is 0. The van der Waals surface area contributed by atoms with Crippen molar-refractivity contribution in [3.05, 3.63) is 35.4 Å². The molecule has 0 radical (unpaired) electrons. The van der Waals surface area contributed by atoms with Crippen LogP contribution >= 0.6 is 0 Å². The van der Waals surface area contributed by atoms with E-state index in [1.807, 2.05) is 0 Å². The van der Waals surface area contributed by atoms with Gasteiger partial charge in [-0.2, -0.15) is 0 Å².